The van der Waals surface area contributed by atoms with Crippen molar-refractivity contribution in [2.45, 2.75) is 13.8 Å². The zero-order chi connectivity index (χ0) is 10.9. The molecule has 2 nitrogen and oxygen atoms in total. The van der Waals surface area contributed by atoms with Crippen LogP contribution in [0.2, 0.25) is 0 Å². The van der Waals surface area contributed by atoms with E-state index in [2.05, 4.69) is 15.9 Å². The molecule has 0 aliphatic carbocycles. The first kappa shape index (κ1) is 11.5. The van der Waals surface area contributed by atoms with E-state index < -0.39 is 5.24 Å². The normalized spacial score (nSPS) is 10.1. The van der Waals surface area contributed by atoms with Crippen LogP contribution in [0.15, 0.2) is 10.5 Å². The molecule has 0 bridgehead atoms. The van der Waals surface area contributed by atoms with Crippen molar-refractivity contribution in [2.24, 2.45) is 0 Å². The van der Waals surface area contributed by atoms with Gasteiger partial charge in [0.25, 0.3) is 5.24 Å². The van der Waals surface area contributed by atoms with Gasteiger partial charge in [-0.05, 0) is 42.6 Å². The first-order valence-electron chi connectivity index (χ1n) is 4.02. The van der Waals surface area contributed by atoms with Gasteiger partial charge in [0.05, 0.1) is 12.7 Å². The van der Waals surface area contributed by atoms with Crippen molar-refractivity contribution in [2.75, 3.05) is 7.11 Å². The molecule has 0 amide bonds. The van der Waals surface area contributed by atoms with Gasteiger partial charge >= 0.3 is 0 Å². The summed E-state index contributed by atoms with van der Waals surface area (Å²) in [5.41, 5.74) is 2.11. The number of halogens is 2. The molecular formula is C10H10BrClO2. The Morgan fingerprint density at radius 1 is 1.50 bits per heavy atom. The van der Waals surface area contributed by atoms with Gasteiger partial charge in [-0.3, -0.25) is 4.79 Å². The molecule has 4 heteroatoms. The summed E-state index contributed by atoms with van der Waals surface area (Å²) in [4.78, 5) is 11.2. The Labute approximate surface area is 96.3 Å². The Hall–Kier alpha value is -0.540. The van der Waals surface area contributed by atoms with Crippen molar-refractivity contribution in [3.63, 3.8) is 0 Å². The van der Waals surface area contributed by atoms with Crippen LogP contribution in [-0.2, 0) is 0 Å². The molecule has 1 aromatic rings. The molecule has 0 fully saturated rings. The van der Waals surface area contributed by atoms with Crippen LogP contribution in [0.4, 0.5) is 0 Å². The molecule has 1 rings (SSSR count). The first-order valence-corrected chi connectivity index (χ1v) is 5.19. The lowest BCUT2D eigenvalue weighted by Crippen LogP contribution is -2.01. The highest BCUT2D eigenvalue weighted by atomic mass is 79.9. The molecule has 0 aromatic heterocycles. The van der Waals surface area contributed by atoms with Crippen LogP contribution in [0, 0.1) is 13.8 Å². The smallest absolute Gasteiger partial charge is 0.256 e. The zero-order valence-electron chi connectivity index (χ0n) is 8.15. The fourth-order valence-corrected chi connectivity index (χ4v) is 2.12. The van der Waals surface area contributed by atoms with Gasteiger partial charge < -0.3 is 4.74 Å². The standard InChI is InChI=1S/C10H10BrClO2/c1-5-4-7(11)6(2)8(10(12)13)9(5)14-3/h4H,1-3H3. The van der Waals surface area contributed by atoms with Gasteiger partial charge in [0.15, 0.2) is 0 Å². The topological polar surface area (TPSA) is 26.3 Å². The molecule has 0 aliphatic heterocycles. The van der Waals surface area contributed by atoms with Gasteiger partial charge in [-0.2, -0.15) is 0 Å². The molecule has 0 N–H and O–H groups in total. The minimum atomic E-state index is -0.497. The van der Waals surface area contributed by atoms with Gasteiger partial charge in [0.1, 0.15) is 5.75 Å². The van der Waals surface area contributed by atoms with Crippen LogP contribution >= 0.6 is 27.5 Å². The third kappa shape index (κ3) is 1.93. The Bertz CT molecular complexity index is 388. The summed E-state index contributed by atoms with van der Waals surface area (Å²) in [5.74, 6) is 0.547. The van der Waals surface area contributed by atoms with E-state index in [1.54, 1.807) is 0 Å². The third-order valence-electron chi connectivity index (χ3n) is 2.06. The van der Waals surface area contributed by atoms with Crippen LogP contribution in [-0.4, -0.2) is 12.4 Å². The van der Waals surface area contributed by atoms with E-state index in [1.165, 1.54) is 7.11 Å². The maximum atomic E-state index is 11.2. The molecule has 0 aliphatic rings. The molecule has 0 heterocycles. The number of benzene rings is 1. The summed E-state index contributed by atoms with van der Waals surface area (Å²) in [5, 5.41) is -0.497. The number of carbonyl (C=O) groups is 1. The fraction of sp³-hybridized carbons (Fsp3) is 0.300. The zero-order valence-corrected chi connectivity index (χ0v) is 10.5. The minimum absolute atomic E-state index is 0.432. The summed E-state index contributed by atoms with van der Waals surface area (Å²) in [7, 11) is 1.53. The van der Waals surface area contributed by atoms with E-state index in [0.29, 0.717) is 11.3 Å². The number of methoxy groups -OCH3 is 1. The molecule has 0 atom stereocenters. The van der Waals surface area contributed by atoms with Crippen molar-refractivity contribution in [3.05, 3.63) is 27.2 Å². The van der Waals surface area contributed by atoms with Crippen LogP contribution in [0.5, 0.6) is 5.75 Å². The van der Waals surface area contributed by atoms with E-state index in [9.17, 15) is 4.79 Å². The average Bonchev–Trinajstić information content (AvgIpc) is 2.10. The summed E-state index contributed by atoms with van der Waals surface area (Å²) < 4.78 is 6.01. The highest BCUT2D eigenvalue weighted by molar-refractivity contribution is 9.10. The molecule has 0 saturated heterocycles. The number of hydrogen-bond acceptors (Lipinski definition) is 2. The van der Waals surface area contributed by atoms with Crippen molar-refractivity contribution in [3.8, 4) is 5.75 Å². The second-order valence-corrected chi connectivity index (χ2v) is 4.18. The van der Waals surface area contributed by atoms with E-state index in [-0.39, 0.29) is 0 Å². The SMILES string of the molecule is COc1c(C)cc(Br)c(C)c1C(=O)Cl. The molecule has 0 unspecified atom stereocenters. The molecule has 0 radical (unpaired) electrons. The van der Waals surface area contributed by atoms with Gasteiger partial charge in [0.2, 0.25) is 0 Å². The van der Waals surface area contributed by atoms with E-state index >= 15 is 0 Å². The largest absolute Gasteiger partial charge is 0.496 e. The number of rotatable bonds is 2. The molecular weight excluding hydrogens is 267 g/mol. The maximum Gasteiger partial charge on any atom is 0.256 e. The first-order chi connectivity index (χ1) is 6.49. The summed E-state index contributed by atoms with van der Waals surface area (Å²) >= 11 is 8.86. The molecule has 0 saturated carbocycles. The lowest BCUT2D eigenvalue weighted by molar-refractivity contribution is 0.107. The monoisotopic (exact) mass is 276 g/mol. The highest BCUT2D eigenvalue weighted by Gasteiger charge is 2.17. The van der Waals surface area contributed by atoms with Gasteiger partial charge in [-0.25, -0.2) is 0 Å². The average molecular weight is 278 g/mol. The number of carbonyl (C=O) groups excluding carboxylic acids is 1. The van der Waals surface area contributed by atoms with Crippen LogP contribution < -0.4 is 4.74 Å². The van der Waals surface area contributed by atoms with Crippen LogP contribution in [0.3, 0.4) is 0 Å². The number of hydrogen-bond donors (Lipinski definition) is 0. The molecule has 76 valence electrons. The second kappa shape index (κ2) is 4.32. The van der Waals surface area contributed by atoms with Crippen molar-refractivity contribution in [1.29, 1.82) is 0 Å². The Morgan fingerprint density at radius 3 is 2.50 bits per heavy atom. The lowest BCUT2D eigenvalue weighted by atomic mass is 10.0. The van der Waals surface area contributed by atoms with Crippen molar-refractivity contribution >= 4 is 32.8 Å². The van der Waals surface area contributed by atoms with Gasteiger partial charge in [-0.1, -0.05) is 15.9 Å². The summed E-state index contributed by atoms with van der Waals surface area (Å²) in [6, 6.07) is 1.90. The third-order valence-corrected chi connectivity index (χ3v) is 3.08. The number of ether oxygens (including phenoxy) is 1. The fourth-order valence-electron chi connectivity index (χ4n) is 1.35. The van der Waals surface area contributed by atoms with Gasteiger partial charge in [0, 0.05) is 4.47 Å². The predicted octanol–water partition coefficient (Wildman–Crippen LogP) is 3.45. The molecule has 1 aromatic carbocycles. The molecule has 14 heavy (non-hydrogen) atoms. The maximum absolute atomic E-state index is 11.2. The number of aryl methyl sites for hydroxylation is 1. The van der Waals surface area contributed by atoms with Crippen molar-refractivity contribution < 1.29 is 9.53 Å². The Kier molecular flexibility index (Phi) is 3.56. The van der Waals surface area contributed by atoms with Crippen LogP contribution in [0.1, 0.15) is 21.5 Å². The minimum Gasteiger partial charge on any atom is -0.496 e. The molecule has 0 spiro atoms. The Balaban J connectivity index is 3.56. The quantitative estimate of drug-likeness (QED) is 0.774. The van der Waals surface area contributed by atoms with Crippen molar-refractivity contribution in [1.82, 2.24) is 0 Å². The lowest BCUT2D eigenvalue weighted by Gasteiger charge is -2.12. The second-order valence-electron chi connectivity index (χ2n) is 2.98. The van der Waals surface area contributed by atoms with E-state index in [4.69, 9.17) is 16.3 Å². The predicted molar refractivity (Wildman–Crippen MR) is 60.4 cm³/mol. The summed E-state index contributed by atoms with van der Waals surface area (Å²) in [6.45, 7) is 3.69. The van der Waals surface area contributed by atoms with Gasteiger partial charge in [-0.15, -0.1) is 0 Å². The summed E-state index contributed by atoms with van der Waals surface area (Å²) in [6.07, 6.45) is 0. The van der Waals surface area contributed by atoms with E-state index in [1.807, 2.05) is 19.9 Å². The highest BCUT2D eigenvalue weighted by Crippen LogP contribution is 2.33. The Morgan fingerprint density at radius 2 is 2.07 bits per heavy atom. The van der Waals surface area contributed by atoms with E-state index in [0.717, 1.165) is 15.6 Å². The van der Waals surface area contributed by atoms with Crippen LogP contribution in [0.25, 0.3) is 0 Å².